The molecule has 140 valence electrons. The van der Waals surface area contributed by atoms with Crippen LogP contribution in [-0.2, 0) is 9.53 Å². The normalized spacial score (nSPS) is 10.8. The highest BCUT2D eigenvalue weighted by Gasteiger charge is 2.23. The van der Waals surface area contributed by atoms with Gasteiger partial charge in [0.15, 0.2) is 6.61 Å². The summed E-state index contributed by atoms with van der Waals surface area (Å²) >= 11 is 2.86. The Morgan fingerprint density at radius 2 is 1.89 bits per heavy atom. The Balaban J connectivity index is 1.69. The molecule has 5 nitrogen and oxygen atoms in total. The first-order valence-electron chi connectivity index (χ1n) is 8.53. The van der Waals surface area contributed by atoms with E-state index in [4.69, 9.17) is 4.74 Å². The Morgan fingerprint density at radius 1 is 1.15 bits per heavy atom. The molecule has 0 bridgehead atoms. The first-order chi connectivity index (χ1) is 13.0. The van der Waals surface area contributed by atoms with Crippen LogP contribution in [0.25, 0.3) is 9.88 Å². The largest absolute Gasteiger partial charge is 0.451 e. The maximum absolute atomic E-state index is 12.6. The summed E-state index contributed by atoms with van der Waals surface area (Å²) in [6.45, 7) is 5.31. The fourth-order valence-electron chi connectivity index (χ4n) is 2.67. The summed E-state index contributed by atoms with van der Waals surface area (Å²) < 4.78 is 5.30. The Bertz CT molecular complexity index is 918. The van der Waals surface area contributed by atoms with Crippen molar-refractivity contribution in [3.8, 4) is 9.88 Å². The summed E-state index contributed by atoms with van der Waals surface area (Å²) in [5.41, 5.74) is 1.40. The predicted molar refractivity (Wildman–Crippen MR) is 110 cm³/mol. The number of rotatable bonds is 6. The van der Waals surface area contributed by atoms with E-state index in [0.717, 1.165) is 15.6 Å². The third kappa shape index (κ3) is 4.43. The molecule has 1 amide bonds. The van der Waals surface area contributed by atoms with Crippen LogP contribution in [0, 0.1) is 6.92 Å². The molecule has 2 aromatic heterocycles. The van der Waals surface area contributed by atoms with Gasteiger partial charge >= 0.3 is 5.97 Å². The van der Waals surface area contributed by atoms with Gasteiger partial charge in [0, 0.05) is 11.7 Å². The van der Waals surface area contributed by atoms with E-state index in [9.17, 15) is 9.59 Å². The molecule has 2 heterocycles. The van der Waals surface area contributed by atoms with E-state index in [-0.39, 0.29) is 18.6 Å². The zero-order valence-corrected chi connectivity index (χ0v) is 17.0. The number of para-hydroxylation sites is 1. The number of amides is 1. The molecule has 3 rings (SSSR count). The molecule has 0 unspecified atom stereocenters. The second-order valence-electron chi connectivity index (χ2n) is 6.18. The van der Waals surface area contributed by atoms with Gasteiger partial charge in [0.25, 0.3) is 5.91 Å². The number of benzene rings is 1. The highest BCUT2D eigenvalue weighted by atomic mass is 32.1. The van der Waals surface area contributed by atoms with E-state index in [1.807, 2.05) is 61.7 Å². The van der Waals surface area contributed by atoms with Crippen LogP contribution in [-0.4, -0.2) is 29.5 Å². The van der Waals surface area contributed by atoms with Crippen LogP contribution < -0.4 is 4.90 Å². The zero-order chi connectivity index (χ0) is 19.4. The third-order valence-electron chi connectivity index (χ3n) is 3.86. The predicted octanol–water partition coefficient (Wildman–Crippen LogP) is 4.78. The van der Waals surface area contributed by atoms with Gasteiger partial charge in [-0.2, -0.15) is 0 Å². The molecular weight excluding hydrogens is 380 g/mol. The van der Waals surface area contributed by atoms with Gasteiger partial charge < -0.3 is 9.64 Å². The van der Waals surface area contributed by atoms with Crippen molar-refractivity contribution in [2.24, 2.45) is 0 Å². The van der Waals surface area contributed by atoms with Crippen LogP contribution >= 0.6 is 22.7 Å². The SMILES string of the molecule is Cc1nc(-c2cccs2)sc1C(=O)OCC(=O)N(c1ccccc1)C(C)C. The van der Waals surface area contributed by atoms with Crippen LogP contribution in [0.3, 0.4) is 0 Å². The molecule has 0 radical (unpaired) electrons. The molecule has 0 fully saturated rings. The second-order valence-corrected chi connectivity index (χ2v) is 8.13. The van der Waals surface area contributed by atoms with E-state index >= 15 is 0 Å². The van der Waals surface area contributed by atoms with Crippen LogP contribution in [0.4, 0.5) is 5.69 Å². The van der Waals surface area contributed by atoms with Crippen LogP contribution in [0.1, 0.15) is 29.2 Å². The van der Waals surface area contributed by atoms with Crippen molar-refractivity contribution in [2.45, 2.75) is 26.8 Å². The minimum absolute atomic E-state index is 0.0471. The summed E-state index contributed by atoms with van der Waals surface area (Å²) in [5.74, 6) is -0.775. The summed E-state index contributed by atoms with van der Waals surface area (Å²) in [7, 11) is 0. The van der Waals surface area contributed by atoms with Crippen molar-refractivity contribution in [1.82, 2.24) is 4.98 Å². The Labute approximate surface area is 166 Å². The standard InChI is InChI=1S/C20H20N2O3S2/c1-13(2)22(15-8-5-4-6-9-15)17(23)12-25-20(24)18-14(3)21-19(27-18)16-10-7-11-26-16/h4-11,13H,12H2,1-3H3. The molecule has 0 saturated heterocycles. The number of hydrogen-bond donors (Lipinski definition) is 0. The lowest BCUT2D eigenvalue weighted by molar-refractivity contribution is -0.122. The van der Waals surface area contributed by atoms with Crippen molar-refractivity contribution in [3.63, 3.8) is 0 Å². The topological polar surface area (TPSA) is 59.5 Å². The molecule has 27 heavy (non-hydrogen) atoms. The van der Waals surface area contributed by atoms with Crippen LogP contribution in [0.5, 0.6) is 0 Å². The lowest BCUT2D eigenvalue weighted by atomic mass is 10.2. The first-order valence-corrected chi connectivity index (χ1v) is 10.2. The number of anilines is 1. The van der Waals surface area contributed by atoms with Gasteiger partial charge in [-0.3, -0.25) is 4.79 Å². The van der Waals surface area contributed by atoms with Crippen LogP contribution in [0.15, 0.2) is 47.8 Å². The lowest BCUT2D eigenvalue weighted by Crippen LogP contribution is -2.39. The fraction of sp³-hybridized carbons (Fsp3) is 0.250. The monoisotopic (exact) mass is 400 g/mol. The summed E-state index contributed by atoms with van der Waals surface area (Å²) in [5, 5.41) is 2.75. The molecule has 0 spiro atoms. The average molecular weight is 401 g/mol. The molecule has 0 atom stereocenters. The fourth-order valence-corrected chi connectivity index (χ4v) is 4.43. The number of nitrogens with zero attached hydrogens (tertiary/aromatic N) is 2. The summed E-state index contributed by atoms with van der Waals surface area (Å²) in [4.78, 5) is 32.6. The van der Waals surface area contributed by atoms with Crippen molar-refractivity contribution >= 4 is 40.2 Å². The number of ether oxygens (including phenoxy) is 1. The van der Waals surface area contributed by atoms with E-state index < -0.39 is 5.97 Å². The highest BCUT2D eigenvalue weighted by molar-refractivity contribution is 7.22. The van der Waals surface area contributed by atoms with E-state index in [1.54, 1.807) is 23.2 Å². The Hall–Kier alpha value is -2.51. The zero-order valence-electron chi connectivity index (χ0n) is 15.3. The lowest BCUT2D eigenvalue weighted by Gasteiger charge is -2.26. The van der Waals surface area contributed by atoms with Crippen molar-refractivity contribution < 1.29 is 14.3 Å². The average Bonchev–Trinajstić information content (AvgIpc) is 3.30. The number of thiophene rings is 1. The maximum Gasteiger partial charge on any atom is 0.350 e. The molecule has 7 heteroatoms. The molecule has 0 aliphatic carbocycles. The molecule has 0 aliphatic rings. The number of carbonyl (C=O) groups excluding carboxylic acids is 2. The van der Waals surface area contributed by atoms with E-state index in [0.29, 0.717) is 10.6 Å². The van der Waals surface area contributed by atoms with Crippen molar-refractivity contribution in [1.29, 1.82) is 0 Å². The molecule has 0 N–H and O–H groups in total. The summed E-state index contributed by atoms with van der Waals surface area (Å²) in [6, 6.07) is 13.2. The molecule has 1 aromatic carbocycles. The molecule has 0 aliphatic heterocycles. The number of hydrogen-bond acceptors (Lipinski definition) is 6. The minimum Gasteiger partial charge on any atom is -0.451 e. The molecule has 3 aromatic rings. The summed E-state index contributed by atoms with van der Waals surface area (Å²) in [6.07, 6.45) is 0. The highest BCUT2D eigenvalue weighted by Crippen LogP contribution is 2.31. The van der Waals surface area contributed by atoms with Crippen molar-refractivity contribution in [3.05, 3.63) is 58.4 Å². The van der Waals surface area contributed by atoms with Gasteiger partial charge in [-0.05, 0) is 44.4 Å². The molecule has 0 saturated carbocycles. The minimum atomic E-state index is -0.516. The Kier molecular flexibility index (Phi) is 6.03. The smallest absolute Gasteiger partial charge is 0.350 e. The number of thiazole rings is 1. The number of carbonyl (C=O) groups is 2. The first kappa shape index (κ1) is 19.3. The van der Waals surface area contributed by atoms with E-state index in [2.05, 4.69) is 4.98 Å². The van der Waals surface area contributed by atoms with Gasteiger partial charge in [0.2, 0.25) is 0 Å². The third-order valence-corrected chi connectivity index (χ3v) is 6.04. The second kappa shape index (κ2) is 8.45. The van der Waals surface area contributed by atoms with Gasteiger partial charge in [0.05, 0.1) is 10.6 Å². The Morgan fingerprint density at radius 3 is 2.52 bits per heavy atom. The number of aryl methyl sites for hydroxylation is 1. The van der Waals surface area contributed by atoms with Gasteiger partial charge in [0.1, 0.15) is 9.88 Å². The quantitative estimate of drug-likeness (QED) is 0.559. The van der Waals surface area contributed by atoms with Gasteiger partial charge in [-0.15, -0.1) is 22.7 Å². The van der Waals surface area contributed by atoms with Crippen molar-refractivity contribution in [2.75, 3.05) is 11.5 Å². The van der Waals surface area contributed by atoms with Crippen LogP contribution in [0.2, 0.25) is 0 Å². The van der Waals surface area contributed by atoms with E-state index in [1.165, 1.54) is 11.3 Å². The van der Waals surface area contributed by atoms with Gasteiger partial charge in [-0.1, -0.05) is 24.3 Å². The number of esters is 1. The maximum atomic E-state index is 12.6. The number of aromatic nitrogens is 1. The molecular formula is C20H20N2O3S2. The van der Waals surface area contributed by atoms with Gasteiger partial charge in [-0.25, -0.2) is 9.78 Å².